The molecule has 0 aliphatic carbocycles. The van der Waals surface area contributed by atoms with Crippen LogP contribution >= 0.6 is 0 Å². The van der Waals surface area contributed by atoms with E-state index in [-0.39, 0.29) is 5.56 Å². The third kappa shape index (κ3) is 2.26. The van der Waals surface area contributed by atoms with Crippen LogP contribution in [-0.4, -0.2) is 14.8 Å². The lowest BCUT2D eigenvalue weighted by atomic mass is 10.2. The normalized spacial score (nSPS) is 11.2. The second-order valence-electron chi connectivity index (χ2n) is 5.47. The van der Waals surface area contributed by atoms with Crippen molar-refractivity contribution in [3.05, 3.63) is 70.6 Å². The lowest BCUT2D eigenvalue weighted by molar-refractivity contribution is 0.306. The van der Waals surface area contributed by atoms with Gasteiger partial charge in [0.1, 0.15) is 17.9 Å². The summed E-state index contributed by atoms with van der Waals surface area (Å²) in [6.07, 6.45) is 1.68. The van der Waals surface area contributed by atoms with E-state index in [4.69, 9.17) is 4.74 Å². The highest BCUT2D eigenvalue weighted by molar-refractivity contribution is 6.07. The number of benzene rings is 2. The summed E-state index contributed by atoms with van der Waals surface area (Å²) >= 11 is 0. The second-order valence-corrected chi connectivity index (χ2v) is 5.47. The summed E-state index contributed by atoms with van der Waals surface area (Å²) in [5.41, 5.74) is 2.50. The first kappa shape index (κ1) is 13.6. The van der Waals surface area contributed by atoms with Gasteiger partial charge in [-0.1, -0.05) is 30.3 Å². The van der Waals surface area contributed by atoms with E-state index in [9.17, 15) is 4.79 Å². The molecule has 0 unspecified atom stereocenters. The quantitative estimate of drug-likeness (QED) is 0.633. The van der Waals surface area contributed by atoms with Crippen molar-refractivity contribution in [2.75, 3.05) is 0 Å². The maximum atomic E-state index is 12.0. The smallest absolute Gasteiger partial charge is 0.288 e. The fourth-order valence-corrected chi connectivity index (χ4v) is 2.89. The van der Waals surface area contributed by atoms with Crippen LogP contribution < -0.4 is 10.3 Å². The molecule has 4 aromatic rings. The average Bonchev–Trinajstić information content (AvgIpc) is 2.88. The fraction of sp³-hybridized carbons (Fsp3) is 0.111. The first-order chi connectivity index (χ1) is 11.2. The van der Waals surface area contributed by atoms with Crippen LogP contribution in [0.5, 0.6) is 5.75 Å². The summed E-state index contributed by atoms with van der Waals surface area (Å²) in [5, 5.41) is 8.21. The van der Waals surface area contributed by atoms with Gasteiger partial charge in [-0.2, -0.15) is 5.10 Å². The number of nitrogens with zero attached hydrogens (tertiary/aromatic N) is 2. The zero-order valence-corrected chi connectivity index (χ0v) is 12.6. The minimum atomic E-state index is -0.187. The van der Waals surface area contributed by atoms with E-state index in [1.54, 1.807) is 6.20 Å². The van der Waals surface area contributed by atoms with Crippen LogP contribution in [0.25, 0.3) is 21.8 Å². The van der Waals surface area contributed by atoms with Gasteiger partial charge in [0.05, 0.1) is 11.7 Å². The summed E-state index contributed by atoms with van der Waals surface area (Å²) in [4.78, 5) is 12.0. The Morgan fingerprint density at radius 3 is 2.78 bits per heavy atom. The maximum absolute atomic E-state index is 12.0. The van der Waals surface area contributed by atoms with Gasteiger partial charge in [-0.25, -0.2) is 5.10 Å². The Hall–Kier alpha value is -3.08. The fourth-order valence-electron chi connectivity index (χ4n) is 2.89. The highest BCUT2D eigenvalue weighted by Gasteiger charge is 2.12. The van der Waals surface area contributed by atoms with E-state index < -0.39 is 0 Å². The van der Waals surface area contributed by atoms with E-state index in [0.29, 0.717) is 12.1 Å². The molecule has 4 rings (SSSR count). The minimum absolute atomic E-state index is 0.187. The molecular formula is C18H15N3O2. The number of aromatic amines is 1. The zero-order chi connectivity index (χ0) is 15.8. The summed E-state index contributed by atoms with van der Waals surface area (Å²) in [5.74, 6) is 0.775. The Labute approximate surface area is 132 Å². The standard InChI is InChI=1S/C18H15N3O2/c1-21-16-9-13(23-11-12-5-3-2-4-6-12)7-8-14(16)15-10-19-20-18(22)17(15)21/h2-10H,11H2,1H3,(H,20,22). The molecule has 1 N–H and O–H groups in total. The van der Waals surface area contributed by atoms with Crippen LogP contribution in [0.15, 0.2) is 59.5 Å². The first-order valence-electron chi connectivity index (χ1n) is 7.36. The number of rotatable bonds is 3. The molecule has 0 saturated heterocycles. The van der Waals surface area contributed by atoms with Gasteiger partial charge in [-0.05, 0) is 17.7 Å². The van der Waals surface area contributed by atoms with Gasteiger partial charge in [-0.3, -0.25) is 4.79 Å². The molecule has 114 valence electrons. The summed E-state index contributed by atoms with van der Waals surface area (Å²) in [6, 6.07) is 15.9. The molecule has 0 fully saturated rings. The average molecular weight is 305 g/mol. The first-order valence-corrected chi connectivity index (χ1v) is 7.36. The van der Waals surface area contributed by atoms with Crippen molar-refractivity contribution in [1.29, 1.82) is 0 Å². The largest absolute Gasteiger partial charge is 0.489 e. The van der Waals surface area contributed by atoms with Crippen molar-refractivity contribution in [1.82, 2.24) is 14.8 Å². The molecule has 0 atom stereocenters. The number of hydrogen-bond donors (Lipinski definition) is 1. The summed E-state index contributed by atoms with van der Waals surface area (Å²) in [7, 11) is 1.88. The number of H-pyrrole nitrogens is 1. The molecule has 0 aliphatic heterocycles. The van der Waals surface area contributed by atoms with Crippen LogP contribution in [0.2, 0.25) is 0 Å². The third-order valence-corrected chi connectivity index (χ3v) is 4.03. The molecule has 0 aliphatic rings. The van der Waals surface area contributed by atoms with E-state index >= 15 is 0 Å². The molecule has 0 saturated carbocycles. The van der Waals surface area contributed by atoms with Crippen molar-refractivity contribution < 1.29 is 4.74 Å². The van der Waals surface area contributed by atoms with Gasteiger partial charge >= 0.3 is 0 Å². The predicted octanol–water partition coefficient (Wildman–Crippen LogP) is 2.99. The third-order valence-electron chi connectivity index (χ3n) is 4.03. The van der Waals surface area contributed by atoms with Crippen LogP contribution in [0.4, 0.5) is 0 Å². The van der Waals surface area contributed by atoms with E-state index in [1.807, 2.05) is 60.1 Å². The molecule has 2 aromatic heterocycles. The maximum Gasteiger partial charge on any atom is 0.288 e. The van der Waals surface area contributed by atoms with E-state index in [2.05, 4.69) is 10.2 Å². The van der Waals surface area contributed by atoms with Crippen LogP contribution in [-0.2, 0) is 13.7 Å². The van der Waals surface area contributed by atoms with Gasteiger partial charge in [0.2, 0.25) is 0 Å². The highest BCUT2D eigenvalue weighted by atomic mass is 16.5. The number of aromatic nitrogens is 3. The topological polar surface area (TPSA) is 59.9 Å². The molecule has 2 heterocycles. The molecule has 0 amide bonds. The monoisotopic (exact) mass is 305 g/mol. The lowest BCUT2D eigenvalue weighted by Crippen LogP contribution is -2.10. The molecule has 5 nitrogen and oxygen atoms in total. The number of ether oxygens (including phenoxy) is 1. The molecule has 2 aromatic carbocycles. The van der Waals surface area contributed by atoms with Crippen LogP contribution in [0.3, 0.4) is 0 Å². The molecular weight excluding hydrogens is 290 g/mol. The molecule has 5 heteroatoms. The predicted molar refractivity (Wildman–Crippen MR) is 89.6 cm³/mol. The van der Waals surface area contributed by atoms with Crippen LogP contribution in [0.1, 0.15) is 5.56 Å². The van der Waals surface area contributed by atoms with Crippen molar-refractivity contribution in [3.63, 3.8) is 0 Å². The van der Waals surface area contributed by atoms with Crippen molar-refractivity contribution >= 4 is 21.8 Å². The van der Waals surface area contributed by atoms with Crippen molar-refractivity contribution in [2.45, 2.75) is 6.61 Å². The van der Waals surface area contributed by atoms with Crippen LogP contribution in [0, 0.1) is 0 Å². The molecule has 0 spiro atoms. The Bertz CT molecular complexity index is 1050. The summed E-state index contributed by atoms with van der Waals surface area (Å²) < 4.78 is 7.74. The molecule has 0 radical (unpaired) electrons. The van der Waals surface area contributed by atoms with E-state index in [0.717, 1.165) is 27.6 Å². The Morgan fingerprint density at radius 1 is 1.13 bits per heavy atom. The van der Waals surface area contributed by atoms with Gasteiger partial charge in [0, 0.05) is 23.9 Å². The second kappa shape index (κ2) is 5.28. The number of fused-ring (bicyclic) bond motifs is 3. The van der Waals surface area contributed by atoms with Gasteiger partial charge in [-0.15, -0.1) is 0 Å². The highest BCUT2D eigenvalue weighted by Crippen LogP contribution is 2.28. The Balaban J connectivity index is 1.76. The van der Waals surface area contributed by atoms with Gasteiger partial charge in [0.15, 0.2) is 0 Å². The lowest BCUT2D eigenvalue weighted by Gasteiger charge is -2.07. The minimum Gasteiger partial charge on any atom is -0.489 e. The number of nitrogens with one attached hydrogen (secondary N) is 1. The van der Waals surface area contributed by atoms with E-state index in [1.165, 1.54) is 0 Å². The number of aryl methyl sites for hydroxylation is 1. The number of hydrogen-bond acceptors (Lipinski definition) is 3. The van der Waals surface area contributed by atoms with Gasteiger partial charge < -0.3 is 9.30 Å². The Morgan fingerprint density at radius 2 is 1.96 bits per heavy atom. The molecule has 23 heavy (non-hydrogen) atoms. The zero-order valence-electron chi connectivity index (χ0n) is 12.6. The van der Waals surface area contributed by atoms with Crippen molar-refractivity contribution in [3.8, 4) is 5.75 Å². The Kier molecular flexibility index (Phi) is 3.12. The van der Waals surface area contributed by atoms with Crippen molar-refractivity contribution in [2.24, 2.45) is 7.05 Å². The summed E-state index contributed by atoms with van der Waals surface area (Å²) in [6.45, 7) is 0.512. The SMILES string of the molecule is Cn1c2cc(OCc3ccccc3)ccc2c2cn[nH]c(=O)c21. The van der Waals surface area contributed by atoms with Gasteiger partial charge in [0.25, 0.3) is 5.56 Å². The molecule has 0 bridgehead atoms.